The molecule has 0 unspecified atom stereocenters. The highest BCUT2D eigenvalue weighted by Gasteiger charge is 2.65. The fraction of sp³-hybridized carbons (Fsp3) is 0.524. The lowest BCUT2D eigenvalue weighted by molar-refractivity contribution is -0.120. The van der Waals surface area contributed by atoms with Gasteiger partial charge in [0.05, 0.1) is 18.6 Å². The molecule has 0 radical (unpaired) electrons. The molecule has 2 aliphatic carbocycles. The molecule has 5 nitrogen and oxygen atoms in total. The minimum Gasteiger partial charge on any atom is -0.474 e. The van der Waals surface area contributed by atoms with Gasteiger partial charge in [-0.15, -0.1) is 0 Å². The number of nitrogens with zero attached hydrogens (tertiary/aromatic N) is 1. The van der Waals surface area contributed by atoms with Gasteiger partial charge < -0.3 is 9.47 Å². The van der Waals surface area contributed by atoms with Gasteiger partial charge in [-0.2, -0.15) is 0 Å². The lowest BCUT2D eigenvalue weighted by Crippen LogP contribution is -2.44. The number of likely N-dealkylation sites (tertiary alicyclic amines) is 1. The van der Waals surface area contributed by atoms with E-state index in [0.29, 0.717) is 13.0 Å². The third-order valence-electron chi connectivity index (χ3n) is 6.24. The largest absolute Gasteiger partial charge is 0.474 e. The zero-order valence-corrected chi connectivity index (χ0v) is 15.3. The third-order valence-corrected chi connectivity index (χ3v) is 6.24. The summed E-state index contributed by atoms with van der Waals surface area (Å²) in [6.07, 6.45) is 0.550. The van der Waals surface area contributed by atoms with Crippen LogP contribution in [0.2, 0.25) is 0 Å². The van der Waals surface area contributed by atoms with Gasteiger partial charge in [0.1, 0.15) is 5.76 Å². The Bertz CT molecular complexity index is 855. The number of Topliss-reactive ketones (excluding diaryl/α,β-unsaturated/α-hetero) is 1. The average molecular weight is 353 g/mol. The number of ketones is 1. The van der Waals surface area contributed by atoms with Gasteiger partial charge in [-0.3, -0.25) is 9.69 Å². The zero-order chi connectivity index (χ0) is 18.2. The smallest absolute Gasteiger partial charge is 0.413 e. The Morgan fingerprint density at radius 3 is 2.69 bits per heavy atom. The Morgan fingerprint density at radius 1 is 1.23 bits per heavy atom. The lowest BCUT2D eigenvalue weighted by Gasteiger charge is -2.40. The summed E-state index contributed by atoms with van der Waals surface area (Å²) in [7, 11) is 0. The van der Waals surface area contributed by atoms with Gasteiger partial charge in [-0.1, -0.05) is 38.1 Å². The van der Waals surface area contributed by atoms with E-state index in [2.05, 4.69) is 26.0 Å². The minimum absolute atomic E-state index is 0.00541. The molecule has 5 rings (SSSR count). The molecule has 2 aliphatic heterocycles. The van der Waals surface area contributed by atoms with Crippen LogP contribution in [0.25, 0.3) is 0 Å². The summed E-state index contributed by atoms with van der Waals surface area (Å²) in [5, 5.41) is 0. The van der Waals surface area contributed by atoms with Crippen molar-refractivity contribution in [3.05, 3.63) is 46.7 Å². The number of benzene rings is 1. The van der Waals surface area contributed by atoms with Gasteiger partial charge in [0.2, 0.25) is 0 Å². The van der Waals surface area contributed by atoms with Crippen molar-refractivity contribution in [3.63, 3.8) is 0 Å². The molecule has 2 heterocycles. The van der Waals surface area contributed by atoms with E-state index in [1.807, 2.05) is 19.1 Å². The molecule has 0 aromatic heterocycles. The number of carbonyl (C=O) groups excluding carboxylic acids is 2. The molecule has 1 saturated heterocycles. The summed E-state index contributed by atoms with van der Waals surface area (Å²) in [6.45, 7) is 6.33. The number of hydrogen-bond acceptors (Lipinski definition) is 4. The highest BCUT2D eigenvalue weighted by atomic mass is 16.6. The first-order chi connectivity index (χ1) is 12.4. The van der Waals surface area contributed by atoms with E-state index in [-0.39, 0.29) is 41.4 Å². The Kier molecular flexibility index (Phi) is 3.13. The van der Waals surface area contributed by atoms with Crippen molar-refractivity contribution >= 4 is 11.9 Å². The van der Waals surface area contributed by atoms with E-state index in [1.54, 1.807) is 4.90 Å². The highest BCUT2D eigenvalue weighted by Crippen LogP contribution is 2.65. The molecule has 5 heteroatoms. The van der Waals surface area contributed by atoms with Crippen LogP contribution in [0.5, 0.6) is 0 Å². The van der Waals surface area contributed by atoms with Crippen LogP contribution in [0.3, 0.4) is 0 Å². The molecule has 1 aromatic rings. The molecule has 26 heavy (non-hydrogen) atoms. The number of ether oxygens (including phenoxy) is 2. The third kappa shape index (κ3) is 1.91. The molecule has 0 spiro atoms. The molecule has 136 valence electrons. The van der Waals surface area contributed by atoms with E-state index in [4.69, 9.17) is 9.47 Å². The maximum Gasteiger partial charge on any atom is 0.413 e. The van der Waals surface area contributed by atoms with Crippen molar-refractivity contribution in [2.45, 2.75) is 51.8 Å². The fourth-order valence-corrected chi connectivity index (χ4v) is 5.44. The molecule has 4 bridgehead atoms. The summed E-state index contributed by atoms with van der Waals surface area (Å²) in [5.74, 6) is 0.981. The van der Waals surface area contributed by atoms with E-state index in [9.17, 15) is 9.59 Å². The van der Waals surface area contributed by atoms with Crippen LogP contribution >= 0.6 is 0 Å². The van der Waals surface area contributed by atoms with Crippen molar-refractivity contribution in [2.75, 3.05) is 6.61 Å². The number of allylic oxidation sites excluding steroid dienone is 1. The van der Waals surface area contributed by atoms with Gasteiger partial charge >= 0.3 is 6.09 Å². The summed E-state index contributed by atoms with van der Waals surface area (Å²) in [4.78, 5) is 27.5. The Labute approximate surface area is 153 Å². The second kappa shape index (κ2) is 5.12. The number of rotatable bonds is 1. The van der Waals surface area contributed by atoms with Crippen molar-refractivity contribution in [3.8, 4) is 0 Å². The van der Waals surface area contributed by atoms with Gasteiger partial charge in [0.25, 0.3) is 0 Å². The SMILES string of the molecule is CCOC(=O)N1[C@@H]2OC3=C(C(=O)CC(C)(C)C3)[C@@H]3[C@@H]2c2ccccc2[C@H]31. The standard InChI is InChI=1S/C21H23NO4/c1-4-25-20(24)22-18-12-8-6-5-7-11(12)15-17(18)16-13(23)9-21(2,3)10-14(16)26-19(15)22/h5-8,15,17-19H,4,9-10H2,1-3H3/t15-,17-,18+,19+/m0/s1. The van der Waals surface area contributed by atoms with Crippen LogP contribution in [0.1, 0.15) is 56.7 Å². The first kappa shape index (κ1) is 15.9. The van der Waals surface area contributed by atoms with Crippen molar-refractivity contribution in [1.29, 1.82) is 0 Å². The Hall–Kier alpha value is -2.30. The van der Waals surface area contributed by atoms with Crippen LogP contribution in [-0.4, -0.2) is 29.6 Å². The molecular weight excluding hydrogens is 330 g/mol. The monoisotopic (exact) mass is 353 g/mol. The molecule has 1 fully saturated rings. The second-order valence-corrected chi connectivity index (χ2v) is 8.52. The first-order valence-electron chi connectivity index (χ1n) is 9.40. The number of carbonyl (C=O) groups is 2. The van der Waals surface area contributed by atoms with Gasteiger partial charge in [-0.05, 0) is 23.5 Å². The van der Waals surface area contributed by atoms with Crippen LogP contribution in [-0.2, 0) is 14.3 Å². The van der Waals surface area contributed by atoms with Crippen LogP contribution in [0, 0.1) is 11.3 Å². The second-order valence-electron chi connectivity index (χ2n) is 8.52. The van der Waals surface area contributed by atoms with E-state index < -0.39 is 0 Å². The number of fused-ring (bicyclic) bond motifs is 2. The summed E-state index contributed by atoms with van der Waals surface area (Å²) in [6, 6.07) is 8.02. The molecule has 1 aromatic carbocycles. The summed E-state index contributed by atoms with van der Waals surface area (Å²) in [5.41, 5.74) is 3.05. The maximum atomic E-state index is 13.0. The number of hydrogen-bond donors (Lipinski definition) is 0. The molecule has 4 atom stereocenters. The summed E-state index contributed by atoms with van der Waals surface area (Å²) < 4.78 is 11.7. The van der Waals surface area contributed by atoms with Gasteiger partial charge in [0, 0.05) is 24.3 Å². The summed E-state index contributed by atoms with van der Waals surface area (Å²) >= 11 is 0. The Morgan fingerprint density at radius 2 is 1.96 bits per heavy atom. The van der Waals surface area contributed by atoms with Crippen LogP contribution in [0.4, 0.5) is 4.79 Å². The van der Waals surface area contributed by atoms with Gasteiger partial charge in [-0.25, -0.2) is 4.79 Å². The predicted molar refractivity (Wildman–Crippen MR) is 94.2 cm³/mol. The van der Waals surface area contributed by atoms with Crippen molar-refractivity contribution < 1.29 is 19.1 Å². The molecular formula is C21H23NO4. The van der Waals surface area contributed by atoms with Crippen molar-refractivity contribution in [1.82, 2.24) is 4.90 Å². The first-order valence-corrected chi connectivity index (χ1v) is 9.40. The molecule has 1 amide bonds. The number of amides is 1. The quantitative estimate of drug-likeness (QED) is 0.768. The van der Waals surface area contributed by atoms with Gasteiger partial charge in [0.15, 0.2) is 12.0 Å². The van der Waals surface area contributed by atoms with E-state index in [0.717, 1.165) is 23.3 Å². The minimum atomic E-state index is -0.376. The maximum absolute atomic E-state index is 13.0. The Balaban J connectivity index is 1.66. The fourth-order valence-electron chi connectivity index (χ4n) is 5.44. The predicted octanol–water partition coefficient (Wildman–Crippen LogP) is 3.91. The van der Waals surface area contributed by atoms with Crippen LogP contribution < -0.4 is 0 Å². The lowest BCUT2D eigenvalue weighted by atomic mass is 9.70. The molecule has 0 N–H and O–H groups in total. The molecule has 4 aliphatic rings. The van der Waals surface area contributed by atoms with Crippen molar-refractivity contribution in [2.24, 2.45) is 11.3 Å². The average Bonchev–Trinajstić information content (AvgIpc) is 3.01. The molecule has 0 saturated carbocycles. The van der Waals surface area contributed by atoms with Crippen LogP contribution in [0.15, 0.2) is 35.6 Å². The zero-order valence-electron chi connectivity index (χ0n) is 15.3. The van der Waals surface area contributed by atoms with E-state index >= 15 is 0 Å². The van der Waals surface area contributed by atoms with E-state index in [1.165, 1.54) is 5.56 Å². The topological polar surface area (TPSA) is 55.8 Å². The normalized spacial score (nSPS) is 32.9. The highest BCUT2D eigenvalue weighted by molar-refractivity contribution is 5.99.